The van der Waals surface area contributed by atoms with E-state index < -0.39 is 36.5 Å². The summed E-state index contributed by atoms with van der Waals surface area (Å²) in [6, 6.07) is 2.23. The van der Waals surface area contributed by atoms with Crippen molar-refractivity contribution in [2.24, 2.45) is 0 Å². The molecule has 0 saturated heterocycles. The first-order valence-corrected chi connectivity index (χ1v) is 6.12. The van der Waals surface area contributed by atoms with Crippen LogP contribution in [0, 0.1) is 0 Å². The van der Waals surface area contributed by atoms with Gasteiger partial charge in [-0.2, -0.15) is 13.2 Å². The molecule has 0 aliphatic heterocycles. The van der Waals surface area contributed by atoms with Crippen molar-refractivity contribution < 1.29 is 37.4 Å². The molecule has 0 unspecified atom stereocenters. The zero-order chi connectivity index (χ0) is 17.1. The van der Waals surface area contributed by atoms with Crippen molar-refractivity contribution in [2.75, 3.05) is 5.32 Å². The van der Waals surface area contributed by atoms with Crippen LogP contribution in [0.15, 0.2) is 18.2 Å². The van der Waals surface area contributed by atoms with E-state index in [2.05, 4.69) is 9.97 Å². The third-order valence-electron chi connectivity index (χ3n) is 2.12. The van der Waals surface area contributed by atoms with Crippen LogP contribution in [0.5, 0.6) is 5.75 Å². The first-order chi connectivity index (χ1) is 9.87. The van der Waals surface area contributed by atoms with Crippen LogP contribution in [-0.2, 0) is 10.9 Å². The molecule has 1 aromatic rings. The summed E-state index contributed by atoms with van der Waals surface area (Å²) in [6.45, 7) is 4.78. The van der Waals surface area contributed by atoms with E-state index >= 15 is 0 Å². The van der Waals surface area contributed by atoms with E-state index in [0.717, 1.165) is 6.07 Å². The number of rotatable bonds is 3. The van der Waals surface area contributed by atoms with Gasteiger partial charge in [-0.25, -0.2) is 4.79 Å². The second-order valence-electron chi connectivity index (χ2n) is 5.31. The highest BCUT2D eigenvalue weighted by atomic mass is 19.4. The molecular weight excluding hydrogens is 306 g/mol. The van der Waals surface area contributed by atoms with Gasteiger partial charge in [0.25, 0.3) is 0 Å². The quantitative estimate of drug-likeness (QED) is 0.744. The van der Waals surface area contributed by atoms with Crippen LogP contribution in [0.2, 0.25) is 0 Å². The van der Waals surface area contributed by atoms with Crippen molar-refractivity contribution in [1.82, 2.24) is 0 Å². The van der Waals surface area contributed by atoms with Crippen LogP contribution >= 0.6 is 0 Å². The van der Waals surface area contributed by atoms with Gasteiger partial charge in [-0.05, 0) is 32.9 Å². The summed E-state index contributed by atoms with van der Waals surface area (Å²) in [7, 11) is -2.29. The van der Waals surface area contributed by atoms with E-state index in [9.17, 15) is 18.0 Å². The van der Waals surface area contributed by atoms with Gasteiger partial charge in [0.1, 0.15) is 11.4 Å². The molecule has 3 N–H and O–H groups in total. The molecular formula is C12H15BF3NO5. The standard InChI is InChI=1S/C12H15BF3NO5/c1-11(2,3)21-10(18)17-8-4-7(12(14,15)16)5-9(6-8)22-13(19)20/h4-6,19-20H,1-3H3,(H,17,18). The van der Waals surface area contributed by atoms with Gasteiger partial charge >= 0.3 is 19.6 Å². The Morgan fingerprint density at radius 3 is 2.23 bits per heavy atom. The van der Waals surface area contributed by atoms with Crippen LogP contribution in [-0.4, -0.2) is 29.1 Å². The molecule has 1 amide bonds. The SMILES string of the molecule is CC(C)(C)OC(=O)Nc1cc(OB(O)O)cc(C(F)(F)F)c1. The van der Waals surface area contributed by atoms with Gasteiger partial charge in [0.05, 0.1) is 5.56 Å². The monoisotopic (exact) mass is 321 g/mol. The highest BCUT2D eigenvalue weighted by molar-refractivity contribution is 6.33. The van der Waals surface area contributed by atoms with E-state index in [1.165, 1.54) is 0 Å². The number of ether oxygens (including phenoxy) is 1. The van der Waals surface area contributed by atoms with Gasteiger partial charge in [0, 0.05) is 11.8 Å². The van der Waals surface area contributed by atoms with Crippen molar-refractivity contribution in [2.45, 2.75) is 32.5 Å². The molecule has 0 radical (unpaired) electrons. The lowest BCUT2D eigenvalue weighted by Gasteiger charge is -2.20. The van der Waals surface area contributed by atoms with E-state index in [4.69, 9.17) is 14.8 Å². The summed E-state index contributed by atoms with van der Waals surface area (Å²) in [6.07, 6.45) is -5.66. The lowest BCUT2D eigenvalue weighted by Crippen LogP contribution is -2.27. The van der Waals surface area contributed by atoms with Gasteiger partial charge in [-0.1, -0.05) is 0 Å². The number of hydrogen-bond donors (Lipinski definition) is 3. The Morgan fingerprint density at radius 2 is 1.77 bits per heavy atom. The van der Waals surface area contributed by atoms with Gasteiger partial charge in [0.2, 0.25) is 0 Å². The second kappa shape index (κ2) is 6.45. The number of amides is 1. The first-order valence-electron chi connectivity index (χ1n) is 6.12. The number of carbonyl (C=O) groups is 1. The third kappa shape index (κ3) is 6.23. The van der Waals surface area contributed by atoms with Crippen molar-refractivity contribution in [1.29, 1.82) is 0 Å². The van der Waals surface area contributed by atoms with Crippen molar-refractivity contribution >= 4 is 19.1 Å². The fraction of sp³-hybridized carbons (Fsp3) is 0.417. The van der Waals surface area contributed by atoms with Gasteiger partial charge in [-0.3, -0.25) is 5.32 Å². The molecule has 0 fully saturated rings. The van der Waals surface area contributed by atoms with E-state index in [-0.39, 0.29) is 5.69 Å². The van der Waals surface area contributed by atoms with Gasteiger partial charge in [-0.15, -0.1) is 0 Å². The molecule has 10 heteroatoms. The lowest BCUT2D eigenvalue weighted by atomic mass is 10.1. The predicted molar refractivity (Wildman–Crippen MR) is 72.1 cm³/mol. The van der Waals surface area contributed by atoms with E-state index in [0.29, 0.717) is 12.1 Å². The minimum Gasteiger partial charge on any atom is -0.512 e. The summed E-state index contributed by atoms with van der Waals surface area (Å²) in [5.41, 5.74) is -2.22. The van der Waals surface area contributed by atoms with Gasteiger partial charge < -0.3 is 19.4 Å². The molecule has 1 rings (SSSR count). The fourth-order valence-corrected chi connectivity index (χ4v) is 1.45. The topological polar surface area (TPSA) is 88.0 Å². The maximum Gasteiger partial charge on any atom is 0.707 e. The highest BCUT2D eigenvalue weighted by Gasteiger charge is 2.32. The average Bonchev–Trinajstić information content (AvgIpc) is 2.22. The molecule has 1 aromatic carbocycles. The molecule has 0 aliphatic rings. The van der Waals surface area contributed by atoms with E-state index in [1.54, 1.807) is 20.8 Å². The number of alkyl halides is 3. The molecule has 122 valence electrons. The number of benzene rings is 1. The molecule has 22 heavy (non-hydrogen) atoms. The molecule has 0 bridgehead atoms. The van der Waals surface area contributed by atoms with Crippen molar-refractivity contribution in [3.63, 3.8) is 0 Å². The van der Waals surface area contributed by atoms with Crippen molar-refractivity contribution in [3.8, 4) is 5.75 Å². The minimum atomic E-state index is -4.70. The Bertz CT molecular complexity index is 543. The molecule has 0 heterocycles. The maximum atomic E-state index is 12.8. The number of carbonyl (C=O) groups excluding carboxylic acids is 1. The van der Waals surface area contributed by atoms with Crippen LogP contribution in [0.25, 0.3) is 0 Å². The van der Waals surface area contributed by atoms with Gasteiger partial charge in [0.15, 0.2) is 0 Å². The molecule has 6 nitrogen and oxygen atoms in total. The number of nitrogens with one attached hydrogen (secondary N) is 1. The highest BCUT2D eigenvalue weighted by Crippen LogP contribution is 2.34. The molecule has 0 saturated carbocycles. The summed E-state index contributed by atoms with van der Waals surface area (Å²) in [5, 5.41) is 19.5. The Kier molecular flexibility index (Phi) is 5.31. The van der Waals surface area contributed by atoms with Crippen molar-refractivity contribution in [3.05, 3.63) is 23.8 Å². The third-order valence-corrected chi connectivity index (χ3v) is 2.12. The van der Waals surface area contributed by atoms with Crippen LogP contribution in [0.1, 0.15) is 26.3 Å². The molecule has 0 aromatic heterocycles. The summed E-state index contributed by atoms with van der Waals surface area (Å²) in [5.74, 6) is -0.476. The molecule has 0 spiro atoms. The van der Waals surface area contributed by atoms with Crippen LogP contribution < -0.4 is 9.97 Å². The smallest absolute Gasteiger partial charge is 0.512 e. The summed E-state index contributed by atoms with van der Waals surface area (Å²) >= 11 is 0. The maximum absolute atomic E-state index is 12.8. The second-order valence-corrected chi connectivity index (χ2v) is 5.31. The molecule has 0 atom stereocenters. The lowest BCUT2D eigenvalue weighted by molar-refractivity contribution is -0.137. The number of hydrogen-bond acceptors (Lipinski definition) is 5. The Labute approximate surface area is 125 Å². The minimum absolute atomic E-state index is 0.264. The Balaban J connectivity index is 3.05. The molecule has 0 aliphatic carbocycles. The predicted octanol–water partition coefficient (Wildman–Crippen LogP) is 2.40. The summed E-state index contributed by atoms with van der Waals surface area (Å²) < 4.78 is 47.6. The normalized spacial score (nSPS) is 11.8. The zero-order valence-electron chi connectivity index (χ0n) is 12.1. The average molecular weight is 321 g/mol. The van der Waals surface area contributed by atoms with E-state index in [1.807, 2.05) is 0 Å². The van der Waals surface area contributed by atoms with Crippen LogP contribution in [0.3, 0.4) is 0 Å². The summed E-state index contributed by atoms with van der Waals surface area (Å²) in [4.78, 5) is 11.6. The largest absolute Gasteiger partial charge is 0.707 e. The number of halogens is 3. The van der Waals surface area contributed by atoms with Crippen LogP contribution in [0.4, 0.5) is 23.7 Å². The fourth-order valence-electron chi connectivity index (χ4n) is 1.45. The Hall–Kier alpha value is -1.94. The first kappa shape index (κ1) is 18.1. The Morgan fingerprint density at radius 1 is 1.18 bits per heavy atom. The zero-order valence-corrected chi connectivity index (χ0v) is 12.1. The number of anilines is 1.